The van der Waals surface area contributed by atoms with Crippen molar-refractivity contribution in [3.63, 3.8) is 0 Å². The Balaban J connectivity index is 1.64. The number of amides is 1. The lowest BCUT2D eigenvalue weighted by molar-refractivity contribution is -0.131. The molecule has 4 rings (SSSR count). The molecule has 0 spiro atoms. The van der Waals surface area contributed by atoms with E-state index in [2.05, 4.69) is 0 Å². The van der Waals surface area contributed by atoms with Crippen molar-refractivity contribution in [2.75, 3.05) is 18.8 Å². The van der Waals surface area contributed by atoms with E-state index in [1.807, 2.05) is 60.7 Å². The number of carbonyl (C=O) groups excluding carboxylic acids is 1. The third-order valence-electron chi connectivity index (χ3n) is 5.82. The van der Waals surface area contributed by atoms with Gasteiger partial charge in [-0.25, -0.2) is 12.8 Å². The van der Waals surface area contributed by atoms with Gasteiger partial charge in [-0.3, -0.25) is 4.79 Å². The second-order valence-corrected chi connectivity index (χ2v) is 10.0. The van der Waals surface area contributed by atoms with Gasteiger partial charge in [0.15, 0.2) is 9.84 Å². The third kappa shape index (κ3) is 4.54. The molecule has 1 heterocycles. The molecule has 0 aliphatic carbocycles. The summed E-state index contributed by atoms with van der Waals surface area (Å²) >= 11 is 0. The summed E-state index contributed by atoms with van der Waals surface area (Å²) in [4.78, 5) is 15.2. The van der Waals surface area contributed by atoms with Crippen LogP contribution < -0.4 is 0 Å². The fourth-order valence-electron chi connectivity index (χ4n) is 4.20. The minimum absolute atomic E-state index is 0.0995. The van der Waals surface area contributed by atoms with Crippen LogP contribution in [0.2, 0.25) is 0 Å². The summed E-state index contributed by atoms with van der Waals surface area (Å²) in [5.41, 5.74) is 1.90. The largest absolute Gasteiger partial charge is 0.341 e. The smallest absolute Gasteiger partial charge is 0.234 e. The van der Waals surface area contributed by atoms with Crippen LogP contribution in [0.5, 0.6) is 0 Å². The summed E-state index contributed by atoms with van der Waals surface area (Å²) in [6.45, 7) is 0.357. The molecule has 0 saturated carbocycles. The van der Waals surface area contributed by atoms with Gasteiger partial charge in [-0.15, -0.1) is 0 Å². The van der Waals surface area contributed by atoms with Crippen molar-refractivity contribution in [3.8, 4) is 0 Å². The molecule has 1 atom stereocenters. The number of hydrogen-bond donors (Lipinski definition) is 0. The first kappa shape index (κ1) is 21.2. The van der Waals surface area contributed by atoms with E-state index >= 15 is 0 Å². The molecule has 4 nitrogen and oxygen atoms in total. The molecule has 160 valence electrons. The van der Waals surface area contributed by atoms with Gasteiger partial charge < -0.3 is 4.90 Å². The fraction of sp³-hybridized carbons (Fsp3) is 0.240. The zero-order valence-electron chi connectivity index (χ0n) is 17.0. The molecular weight excluding hydrogens is 413 g/mol. The number of halogens is 1. The van der Waals surface area contributed by atoms with Crippen molar-refractivity contribution >= 4 is 15.7 Å². The number of benzene rings is 3. The zero-order valence-corrected chi connectivity index (χ0v) is 17.8. The summed E-state index contributed by atoms with van der Waals surface area (Å²) in [7, 11) is -3.59. The molecule has 1 fully saturated rings. The Bertz CT molecular complexity index is 1110. The van der Waals surface area contributed by atoms with Gasteiger partial charge in [-0.1, -0.05) is 78.9 Å². The van der Waals surface area contributed by atoms with E-state index in [4.69, 9.17) is 0 Å². The molecule has 0 aromatic heterocycles. The Morgan fingerprint density at radius 2 is 1.39 bits per heavy atom. The van der Waals surface area contributed by atoms with E-state index in [9.17, 15) is 17.6 Å². The minimum Gasteiger partial charge on any atom is -0.341 e. The van der Waals surface area contributed by atoms with E-state index < -0.39 is 26.8 Å². The average molecular weight is 438 g/mol. The van der Waals surface area contributed by atoms with Crippen LogP contribution in [0.25, 0.3) is 0 Å². The maximum Gasteiger partial charge on any atom is 0.234 e. The molecule has 1 saturated heterocycles. The predicted octanol–water partition coefficient (Wildman–Crippen LogP) is 4.35. The highest BCUT2D eigenvalue weighted by atomic mass is 32.2. The molecule has 0 N–H and O–H groups in total. The van der Waals surface area contributed by atoms with E-state index in [0.717, 1.165) is 11.1 Å². The first-order valence-corrected chi connectivity index (χ1v) is 12.0. The summed E-state index contributed by atoms with van der Waals surface area (Å²) in [5.74, 6) is -1.37. The highest BCUT2D eigenvalue weighted by molar-refractivity contribution is 7.91. The van der Waals surface area contributed by atoms with Crippen LogP contribution in [0.1, 0.15) is 34.3 Å². The molecule has 0 bridgehead atoms. The monoisotopic (exact) mass is 437 g/mol. The fourth-order valence-corrected chi connectivity index (χ4v) is 6.00. The molecule has 1 aliphatic rings. The molecule has 3 aromatic rings. The first-order valence-electron chi connectivity index (χ1n) is 10.3. The van der Waals surface area contributed by atoms with Gasteiger partial charge in [-0.05, 0) is 23.6 Å². The lowest BCUT2D eigenvalue weighted by atomic mass is 9.90. The van der Waals surface area contributed by atoms with Crippen molar-refractivity contribution in [2.45, 2.75) is 17.6 Å². The summed E-state index contributed by atoms with van der Waals surface area (Å²) in [6.07, 6.45) is 0.172. The molecular formula is C25H24FNO3S. The van der Waals surface area contributed by atoms with E-state index in [0.29, 0.717) is 0 Å². The maximum absolute atomic E-state index is 14.3. The topological polar surface area (TPSA) is 54.5 Å². The van der Waals surface area contributed by atoms with Crippen LogP contribution in [0.4, 0.5) is 4.39 Å². The Morgan fingerprint density at radius 1 is 0.839 bits per heavy atom. The molecule has 3 aromatic carbocycles. The van der Waals surface area contributed by atoms with Gasteiger partial charge in [0.25, 0.3) is 0 Å². The molecule has 0 unspecified atom stereocenters. The summed E-state index contributed by atoms with van der Waals surface area (Å²) in [5, 5.41) is -0.946. The van der Waals surface area contributed by atoms with Gasteiger partial charge in [-0.2, -0.15) is 0 Å². The predicted molar refractivity (Wildman–Crippen MR) is 119 cm³/mol. The van der Waals surface area contributed by atoms with E-state index in [1.54, 1.807) is 17.0 Å². The zero-order chi connectivity index (χ0) is 21.8. The van der Waals surface area contributed by atoms with Crippen LogP contribution in [0, 0.1) is 5.82 Å². The number of sulfone groups is 1. The molecule has 6 heteroatoms. The summed E-state index contributed by atoms with van der Waals surface area (Å²) < 4.78 is 40.2. The van der Waals surface area contributed by atoms with Crippen molar-refractivity contribution in [3.05, 3.63) is 107 Å². The number of rotatable bonds is 4. The molecule has 1 amide bonds. The Morgan fingerprint density at radius 3 is 1.97 bits per heavy atom. The van der Waals surface area contributed by atoms with Crippen LogP contribution in [0.3, 0.4) is 0 Å². The standard InChI is InChI=1S/C25H24FNO3S/c26-22-14-8-7-13-21(22)23-15-16-27(17-18-31(23,29)30)25(28)24(19-9-3-1-4-10-19)20-11-5-2-6-12-20/h1-14,23-24H,15-18H2/t23-/m1/s1. The third-order valence-corrected chi connectivity index (χ3v) is 7.93. The second kappa shape index (κ2) is 9.02. The number of hydrogen-bond acceptors (Lipinski definition) is 3. The maximum atomic E-state index is 14.3. The normalized spacial score (nSPS) is 18.5. The first-order chi connectivity index (χ1) is 15.0. The van der Waals surface area contributed by atoms with E-state index in [-0.39, 0.29) is 36.7 Å². The molecule has 31 heavy (non-hydrogen) atoms. The van der Waals surface area contributed by atoms with Crippen molar-refractivity contribution < 1.29 is 17.6 Å². The highest BCUT2D eigenvalue weighted by Gasteiger charge is 2.36. The van der Waals surface area contributed by atoms with Gasteiger partial charge in [0.2, 0.25) is 5.91 Å². The van der Waals surface area contributed by atoms with Crippen LogP contribution in [-0.4, -0.2) is 38.1 Å². The SMILES string of the molecule is O=C(C(c1ccccc1)c1ccccc1)N1CC[C@H](c2ccccc2F)S(=O)(=O)CC1. The Labute approximate surface area is 182 Å². The second-order valence-electron chi connectivity index (χ2n) is 7.75. The van der Waals surface area contributed by atoms with Crippen molar-refractivity contribution in [1.82, 2.24) is 4.90 Å². The number of nitrogens with zero attached hydrogens (tertiary/aromatic N) is 1. The minimum atomic E-state index is -3.59. The lowest BCUT2D eigenvalue weighted by Crippen LogP contribution is -2.37. The van der Waals surface area contributed by atoms with Gasteiger partial charge >= 0.3 is 0 Å². The van der Waals surface area contributed by atoms with Crippen molar-refractivity contribution in [2.24, 2.45) is 0 Å². The quantitative estimate of drug-likeness (QED) is 0.610. The van der Waals surface area contributed by atoms with Crippen LogP contribution in [0.15, 0.2) is 84.9 Å². The molecule has 1 aliphatic heterocycles. The van der Waals surface area contributed by atoms with Crippen LogP contribution >= 0.6 is 0 Å². The lowest BCUT2D eigenvalue weighted by Gasteiger charge is -2.26. The van der Waals surface area contributed by atoms with E-state index in [1.165, 1.54) is 12.1 Å². The Hall–Kier alpha value is -2.99. The Kier molecular flexibility index (Phi) is 6.18. The number of carbonyl (C=O) groups is 1. The highest BCUT2D eigenvalue weighted by Crippen LogP contribution is 2.33. The van der Waals surface area contributed by atoms with Gasteiger partial charge in [0.1, 0.15) is 5.82 Å². The average Bonchev–Trinajstić information content (AvgIpc) is 2.94. The van der Waals surface area contributed by atoms with Crippen molar-refractivity contribution in [1.29, 1.82) is 0 Å². The molecule has 0 radical (unpaired) electrons. The van der Waals surface area contributed by atoms with Gasteiger partial charge in [0.05, 0.1) is 16.9 Å². The summed E-state index contributed by atoms with van der Waals surface area (Å²) in [6, 6.07) is 25.0. The van der Waals surface area contributed by atoms with Gasteiger partial charge in [0, 0.05) is 18.7 Å². The van der Waals surface area contributed by atoms with Crippen LogP contribution in [-0.2, 0) is 14.6 Å².